The molecule has 1 fully saturated rings. The lowest BCUT2D eigenvalue weighted by Crippen LogP contribution is -2.51. The number of anilines is 3. The Morgan fingerprint density at radius 3 is 2.44 bits per heavy atom. The molecule has 0 aliphatic heterocycles. The maximum Gasteiger partial charge on any atom is 0.407 e. The quantitative estimate of drug-likeness (QED) is 0.286. The number of alkyl carbamates (subject to hydrolysis) is 1. The van der Waals surface area contributed by atoms with Crippen molar-refractivity contribution in [2.45, 2.75) is 64.6 Å². The molecular weight excluding hydrogens is 514 g/mol. The van der Waals surface area contributed by atoms with Crippen LogP contribution in [0.3, 0.4) is 0 Å². The van der Waals surface area contributed by atoms with Crippen molar-refractivity contribution in [1.82, 2.24) is 15.3 Å². The van der Waals surface area contributed by atoms with Gasteiger partial charge in [0.1, 0.15) is 18.0 Å². The fourth-order valence-corrected chi connectivity index (χ4v) is 4.02. The molecule has 1 saturated carbocycles. The monoisotopic (exact) mass is 550 g/mol. The molecule has 0 aromatic carbocycles. The Hall–Kier alpha value is -3.74. The third kappa shape index (κ3) is 8.37. The van der Waals surface area contributed by atoms with Gasteiger partial charge >= 0.3 is 6.09 Å². The molecule has 1 aliphatic carbocycles. The van der Waals surface area contributed by atoms with Gasteiger partial charge in [-0.2, -0.15) is 0 Å². The van der Waals surface area contributed by atoms with Crippen molar-refractivity contribution in [3.05, 3.63) is 35.5 Å². The highest BCUT2D eigenvalue weighted by Gasteiger charge is 2.34. The number of carbonyl (C=O) groups excluding carboxylic acids is 2. The molecule has 2 aromatic heterocycles. The number of hydrogen-bond donors (Lipinski definition) is 4. The molecule has 2 aromatic rings. The molecule has 214 valence electrons. The number of nitrogens with one attached hydrogen (secondary N) is 3. The van der Waals surface area contributed by atoms with Gasteiger partial charge in [-0.25, -0.2) is 23.5 Å². The molecule has 2 heterocycles. The van der Waals surface area contributed by atoms with Crippen LogP contribution >= 0.6 is 0 Å². The summed E-state index contributed by atoms with van der Waals surface area (Å²) in [7, 11) is 1.49. The molecule has 1 aliphatic rings. The van der Waals surface area contributed by atoms with E-state index in [-0.39, 0.29) is 53.9 Å². The summed E-state index contributed by atoms with van der Waals surface area (Å²) in [6.45, 7) is 7.44. The minimum atomic E-state index is -0.932. The lowest BCUT2D eigenvalue weighted by atomic mass is 9.77. The van der Waals surface area contributed by atoms with Gasteiger partial charge in [-0.1, -0.05) is 6.42 Å². The second kappa shape index (κ2) is 12.9. The number of pyridine rings is 2. The third-order valence-electron chi connectivity index (χ3n) is 6.08. The number of methoxy groups -OCH3 is 1. The summed E-state index contributed by atoms with van der Waals surface area (Å²) in [6.07, 6.45) is 3.46. The summed E-state index contributed by atoms with van der Waals surface area (Å²) in [5.74, 6) is -2.84. The second-order valence-corrected chi connectivity index (χ2v) is 10.4. The first-order chi connectivity index (χ1) is 18.4. The first kappa shape index (κ1) is 29.8. The number of halogens is 2. The van der Waals surface area contributed by atoms with Crippen molar-refractivity contribution in [3.8, 4) is 5.88 Å². The Kier molecular flexibility index (Phi) is 9.84. The molecule has 3 rings (SSSR count). The lowest BCUT2D eigenvalue weighted by molar-refractivity contribution is 0.0492. The molecule has 0 radical (unpaired) electrons. The first-order valence-electron chi connectivity index (χ1n) is 12.7. The summed E-state index contributed by atoms with van der Waals surface area (Å²) in [4.78, 5) is 32.6. The molecule has 0 unspecified atom stereocenters. The van der Waals surface area contributed by atoms with E-state index in [1.54, 1.807) is 27.7 Å². The van der Waals surface area contributed by atoms with E-state index in [1.165, 1.54) is 13.3 Å². The van der Waals surface area contributed by atoms with Crippen molar-refractivity contribution in [3.63, 3.8) is 0 Å². The fourth-order valence-electron chi connectivity index (χ4n) is 4.02. The molecule has 0 bridgehead atoms. The van der Waals surface area contributed by atoms with Gasteiger partial charge in [0.25, 0.3) is 11.8 Å². The average Bonchev–Trinajstić information content (AvgIpc) is 2.79. The molecule has 11 nitrogen and oxygen atoms in total. The number of amides is 2. The molecular formula is C26H36F2N6O5. The highest BCUT2D eigenvalue weighted by Crippen LogP contribution is 2.34. The zero-order chi connectivity index (χ0) is 28.7. The van der Waals surface area contributed by atoms with E-state index >= 15 is 4.39 Å². The summed E-state index contributed by atoms with van der Waals surface area (Å²) in [6, 6.07) is 1.23. The topological polar surface area (TPSA) is 150 Å². The minimum absolute atomic E-state index is 0.0965. The van der Waals surface area contributed by atoms with E-state index in [9.17, 15) is 14.0 Å². The largest absolute Gasteiger partial charge is 0.473 e. The highest BCUT2D eigenvalue weighted by atomic mass is 19.1. The summed E-state index contributed by atoms with van der Waals surface area (Å²) < 4.78 is 45.0. The Morgan fingerprint density at radius 1 is 1.15 bits per heavy atom. The standard InChI is InChI=1S/C26H36F2N6O5/c1-14(31-25(36)39-26(2,3)4)20(15-7-6-8-15)33-23-18(27)12-17(21(29)35)22(34-23)32-16-11-19(28)24(30-13-16)38-10-9-37-5/h11-15,20H,6-10H2,1-5H3,(H2,29,35)(H,31,36)(H2,32,33,34)/t14-,20-/m0/s1. The Balaban J connectivity index is 1.84. The normalized spacial score (nSPS) is 15.1. The second-order valence-electron chi connectivity index (χ2n) is 10.4. The number of aromatic nitrogens is 2. The van der Waals surface area contributed by atoms with E-state index in [4.69, 9.17) is 19.9 Å². The predicted octanol–water partition coefficient (Wildman–Crippen LogP) is 4.12. The van der Waals surface area contributed by atoms with Crippen LogP contribution in [-0.2, 0) is 9.47 Å². The third-order valence-corrected chi connectivity index (χ3v) is 6.08. The Labute approximate surface area is 226 Å². The van der Waals surface area contributed by atoms with Gasteiger partial charge in [-0.3, -0.25) is 4.79 Å². The maximum absolute atomic E-state index is 15.1. The first-order valence-corrected chi connectivity index (χ1v) is 12.7. The highest BCUT2D eigenvalue weighted by molar-refractivity contribution is 5.98. The van der Waals surface area contributed by atoms with Crippen LogP contribution in [0.4, 0.5) is 30.9 Å². The zero-order valence-electron chi connectivity index (χ0n) is 22.8. The number of ether oxygens (including phenoxy) is 3. The van der Waals surface area contributed by atoms with E-state index < -0.39 is 35.3 Å². The van der Waals surface area contributed by atoms with Crippen LogP contribution in [0, 0.1) is 17.6 Å². The van der Waals surface area contributed by atoms with Crippen LogP contribution in [-0.4, -0.2) is 60.0 Å². The van der Waals surface area contributed by atoms with Crippen LogP contribution in [0.15, 0.2) is 18.3 Å². The van der Waals surface area contributed by atoms with Crippen LogP contribution in [0.25, 0.3) is 0 Å². The van der Waals surface area contributed by atoms with Crippen LogP contribution in [0.5, 0.6) is 5.88 Å². The van der Waals surface area contributed by atoms with Gasteiger partial charge in [-0.15, -0.1) is 0 Å². The van der Waals surface area contributed by atoms with E-state index in [0.717, 1.165) is 31.4 Å². The molecule has 5 N–H and O–H groups in total. The van der Waals surface area contributed by atoms with E-state index in [2.05, 4.69) is 25.9 Å². The number of primary amides is 1. The smallest absolute Gasteiger partial charge is 0.407 e. The molecule has 0 spiro atoms. The van der Waals surface area contributed by atoms with Gasteiger partial charge < -0.3 is 35.9 Å². The van der Waals surface area contributed by atoms with Crippen LogP contribution < -0.4 is 26.4 Å². The van der Waals surface area contributed by atoms with Crippen molar-refractivity contribution in [1.29, 1.82) is 0 Å². The number of hydrogen-bond acceptors (Lipinski definition) is 9. The van der Waals surface area contributed by atoms with Crippen molar-refractivity contribution >= 4 is 29.3 Å². The molecule has 2 amide bonds. The molecule has 13 heteroatoms. The summed E-state index contributed by atoms with van der Waals surface area (Å²) >= 11 is 0. The predicted molar refractivity (Wildman–Crippen MR) is 141 cm³/mol. The number of nitrogens with zero attached hydrogens (tertiary/aromatic N) is 2. The van der Waals surface area contributed by atoms with E-state index in [1.807, 2.05) is 0 Å². The number of rotatable bonds is 12. The van der Waals surface area contributed by atoms with Crippen molar-refractivity contribution in [2.75, 3.05) is 31.0 Å². The Bertz CT molecular complexity index is 1170. The zero-order valence-corrected chi connectivity index (χ0v) is 22.8. The van der Waals surface area contributed by atoms with Crippen LogP contribution in [0.2, 0.25) is 0 Å². The summed E-state index contributed by atoms with van der Waals surface area (Å²) in [5, 5.41) is 8.68. The SMILES string of the molecule is COCCOc1ncc(Nc2nc(N[C@H](C3CCC3)[C@H](C)NC(=O)OC(C)(C)C)c(F)cc2C(N)=O)cc1F. The Morgan fingerprint density at radius 2 is 1.87 bits per heavy atom. The van der Waals surface area contributed by atoms with Gasteiger partial charge in [-0.05, 0) is 52.5 Å². The average molecular weight is 551 g/mol. The lowest BCUT2D eigenvalue weighted by Gasteiger charge is -2.38. The van der Waals surface area contributed by atoms with Crippen molar-refractivity contribution in [2.24, 2.45) is 11.7 Å². The molecule has 0 saturated heterocycles. The number of nitrogens with two attached hydrogens (primary N) is 1. The van der Waals surface area contributed by atoms with Gasteiger partial charge in [0, 0.05) is 19.2 Å². The van der Waals surface area contributed by atoms with Gasteiger partial charge in [0.05, 0.1) is 30.1 Å². The van der Waals surface area contributed by atoms with Gasteiger partial charge in [0.2, 0.25) is 0 Å². The van der Waals surface area contributed by atoms with Crippen molar-refractivity contribution < 1.29 is 32.6 Å². The van der Waals surface area contributed by atoms with Gasteiger partial charge in [0.15, 0.2) is 17.5 Å². The number of carbonyl (C=O) groups is 2. The minimum Gasteiger partial charge on any atom is -0.473 e. The maximum atomic E-state index is 15.1. The molecule has 39 heavy (non-hydrogen) atoms. The van der Waals surface area contributed by atoms with Crippen LogP contribution in [0.1, 0.15) is 57.3 Å². The van der Waals surface area contributed by atoms with E-state index in [0.29, 0.717) is 0 Å². The molecule has 2 atom stereocenters. The summed E-state index contributed by atoms with van der Waals surface area (Å²) in [5.41, 5.74) is 4.67. The fraction of sp³-hybridized carbons (Fsp3) is 0.538.